The highest BCUT2D eigenvalue weighted by molar-refractivity contribution is 5.19. The minimum Gasteiger partial charge on any atom is -0.375 e. The molecule has 2 heteroatoms. The van der Waals surface area contributed by atoms with Gasteiger partial charge in [0.2, 0.25) is 0 Å². The Bertz CT molecular complexity index is 260. The van der Waals surface area contributed by atoms with Gasteiger partial charge in [-0.05, 0) is 19.0 Å². The van der Waals surface area contributed by atoms with Gasteiger partial charge in [0.05, 0.1) is 6.10 Å². The van der Waals surface area contributed by atoms with Crippen LogP contribution in [0.2, 0.25) is 0 Å². The van der Waals surface area contributed by atoms with E-state index < -0.39 is 0 Å². The van der Waals surface area contributed by atoms with E-state index in [1.54, 1.807) is 7.11 Å². The molecule has 2 atom stereocenters. The Kier molecular flexibility index (Phi) is 5.37. The van der Waals surface area contributed by atoms with Gasteiger partial charge in [-0.25, -0.2) is 0 Å². The Morgan fingerprint density at radius 1 is 1.27 bits per heavy atom. The van der Waals surface area contributed by atoms with Crippen molar-refractivity contribution in [2.45, 2.75) is 31.9 Å². The first-order chi connectivity index (χ1) is 7.33. The molecule has 0 saturated carbocycles. The van der Waals surface area contributed by atoms with Crippen molar-refractivity contribution in [2.75, 3.05) is 14.2 Å². The fourth-order valence-electron chi connectivity index (χ4n) is 1.93. The van der Waals surface area contributed by atoms with Gasteiger partial charge in [-0.3, -0.25) is 0 Å². The van der Waals surface area contributed by atoms with Crippen LogP contribution in [0.4, 0.5) is 0 Å². The second-order valence-corrected chi connectivity index (χ2v) is 3.75. The topological polar surface area (TPSA) is 21.3 Å². The highest BCUT2D eigenvalue weighted by Gasteiger charge is 2.20. The first-order valence-corrected chi connectivity index (χ1v) is 5.58. The van der Waals surface area contributed by atoms with Gasteiger partial charge < -0.3 is 10.1 Å². The van der Waals surface area contributed by atoms with Gasteiger partial charge in [0.15, 0.2) is 0 Å². The molecule has 0 bridgehead atoms. The highest BCUT2D eigenvalue weighted by atomic mass is 16.5. The predicted molar refractivity (Wildman–Crippen MR) is 63.9 cm³/mol. The molecule has 1 aromatic rings. The minimum atomic E-state index is 0.149. The lowest BCUT2D eigenvalue weighted by atomic mass is 9.99. The van der Waals surface area contributed by atoms with E-state index in [4.69, 9.17) is 4.74 Å². The lowest BCUT2D eigenvalue weighted by Gasteiger charge is -2.25. The van der Waals surface area contributed by atoms with Gasteiger partial charge in [-0.15, -0.1) is 0 Å². The molecule has 1 aromatic carbocycles. The molecule has 2 unspecified atom stereocenters. The SMILES string of the molecule is CCCC(NC)C(OC)c1ccccc1. The van der Waals surface area contributed by atoms with Gasteiger partial charge in [0.1, 0.15) is 0 Å². The van der Waals surface area contributed by atoms with Crippen molar-refractivity contribution in [1.29, 1.82) is 0 Å². The summed E-state index contributed by atoms with van der Waals surface area (Å²) in [6, 6.07) is 10.8. The van der Waals surface area contributed by atoms with Crippen LogP contribution in [0.15, 0.2) is 30.3 Å². The van der Waals surface area contributed by atoms with Gasteiger partial charge in [-0.2, -0.15) is 0 Å². The van der Waals surface area contributed by atoms with Crippen LogP contribution in [0.5, 0.6) is 0 Å². The van der Waals surface area contributed by atoms with E-state index in [1.165, 1.54) is 5.56 Å². The van der Waals surface area contributed by atoms with Crippen LogP contribution < -0.4 is 5.32 Å². The molecule has 84 valence electrons. The number of nitrogens with one attached hydrogen (secondary N) is 1. The second kappa shape index (κ2) is 6.59. The molecule has 1 N–H and O–H groups in total. The fourth-order valence-corrected chi connectivity index (χ4v) is 1.93. The number of likely N-dealkylation sites (N-methyl/N-ethyl adjacent to an activating group) is 1. The summed E-state index contributed by atoms with van der Waals surface area (Å²) < 4.78 is 5.58. The summed E-state index contributed by atoms with van der Waals surface area (Å²) in [5.74, 6) is 0. The standard InChI is InChI=1S/C13H21NO/c1-4-8-12(14-2)13(15-3)11-9-6-5-7-10-11/h5-7,9-10,12-14H,4,8H2,1-3H3. The number of methoxy groups -OCH3 is 1. The van der Waals surface area contributed by atoms with Gasteiger partial charge in [0.25, 0.3) is 0 Å². The maximum atomic E-state index is 5.58. The van der Waals surface area contributed by atoms with Gasteiger partial charge in [-0.1, -0.05) is 43.7 Å². The van der Waals surface area contributed by atoms with Crippen LogP contribution >= 0.6 is 0 Å². The van der Waals surface area contributed by atoms with Crippen molar-refractivity contribution in [2.24, 2.45) is 0 Å². The summed E-state index contributed by atoms with van der Waals surface area (Å²) in [6.45, 7) is 2.20. The molecule has 0 aromatic heterocycles. The van der Waals surface area contributed by atoms with Crippen molar-refractivity contribution in [3.8, 4) is 0 Å². The Labute approximate surface area is 92.6 Å². The zero-order valence-corrected chi connectivity index (χ0v) is 9.86. The van der Waals surface area contributed by atoms with Crippen LogP contribution in [0.1, 0.15) is 31.4 Å². The van der Waals surface area contributed by atoms with Gasteiger partial charge >= 0.3 is 0 Å². The summed E-state index contributed by atoms with van der Waals surface area (Å²) in [4.78, 5) is 0. The largest absolute Gasteiger partial charge is 0.375 e. The molecule has 0 fully saturated rings. The third-order valence-corrected chi connectivity index (χ3v) is 2.72. The van der Waals surface area contributed by atoms with E-state index in [0.29, 0.717) is 6.04 Å². The van der Waals surface area contributed by atoms with Gasteiger partial charge in [0, 0.05) is 13.2 Å². The smallest absolute Gasteiger partial charge is 0.0973 e. The Morgan fingerprint density at radius 3 is 2.40 bits per heavy atom. The third-order valence-electron chi connectivity index (χ3n) is 2.72. The molecule has 0 radical (unpaired) electrons. The highest BCUT2D eigenvalue weighted by Crippen LogP contribution is 2.22. The molecule has 15 heavy (non-hydrogen) atoms. The number of hydrogen-bond donors (Lipinski definition) is 1. The molecule has 0 spiro atoms. The first kappa shape index (κ1) is 12.2. The molecule has 0 amide bonds. The average Bonchev–Trinajstić information content (AvgIpc) is 2.30. The van der Waals surface area contributed by atoms with Crippen molar-refractivity contribution in [1.82, 2.24) is 5.32 Å². The third kappa shape index (κ3) is 3.33. The van der Waals surface area contributed by atoms with Crippen LogP contribution in [-0.2, 0) is 4.74 Å². The number of rotatable bonds is 6. The quantitative estimate of drug-likeness (QED) is 0.774. The summed E-state index contributed by atoms with van der Waals surface area (Å²) >= 11 is 0. The molecule has 0 aliphatic heterocycles. The maximum absolute atomic E-state index is 5.58. The predicted octanol–water partition coefficient (Wildman–Crippen LogP) is 2.76. The Hall–Kier alpha value is -0.860. The molecule has 0 saturated heterocycles. The first-order valence-electron chi connectivity index (χ1n) is 5.58. The minimum absolute atomic E-state index is 0.149. The number of benzene rings is 1. The normalized spacial score (nSPS) is 14.9. The zero-order chi connectivity index (χ0) is 11.1. The summed E-state index contributed by atoms with van der Waals surface area (Å²) in [5, 5.41) is 3.33. The van der Waals surface area contributed by atoms with Crippen LogP contribution in [0.25, 0.3) is 0 Å². The van der Waals surface area contributed by atoms with E-state index in [1.807, 2.05) is 13.1 Å². The molecule has 1 rings (SSSR count). The molecule has 2 nitrogen and oxygen atoms in total. The van der Waals surface area contributed by atoms with E-state index in [9.17, 15) is 0 Å². The second-order valence-electron chi connectivity index (χ2n) is 3.75. The number of ether oxygens (including phenoxy) is 1. The lowest BCUT2D eigenvalue weighted by molar-refractivity contribution is 0.0673. The summed E-state index contributed by atoms with van der Waals surface area (Å²) in [5.41, 5.74) is 1.24. The molecule has 0 aliphatic rings. The van der Waals surface area contributed by atoms with Crippen molar-refractivity contribution in [3.05, 3.63) is 35.9 Å². The Balaban J connectivity index is 2.77. The van der Waals surface area contributed by atoms with E-state index in [0.717, 1.165) is 12.8 Å². The molecule has 0 aliphatic carbocycles. The Morgan fingerprint density at radius 2 is 1.93 bits per heavy atom. The van der Waals surface area contributed by atoms with Crippen molar-refractivity contribution >= 4 is 0 Å². The lowest BCUT2D eigenvalue weighted by Crippen LogP contribution is -2.33. The monoisotopic (exact) mass is 207 g/mol. The zero-order valence-electron chi connectivity index (χ0n) is 9.86. The number of hydrogen-bond acceptors (Lipinski definition) is 2. The maximum Gasteiger partial charge on any atom is 0.0973 e. The van der Waals surface area contributed by atoms with Crippen molar-refractivity contribution in [3.63, 3.8) is 0 Å². The summed E-state index contributed by atoms with van der Waals surface area (Å²) in [7, 11) is 3.77. The average molecular weight is 207 g/mol. The van der Waals surface area contributed by atoms with E-state index >= 15 is 0 Å². The van der Waals surface area contributed by atoms with Crippen molar-refractivity contribution < 1.29 is 4.74 Å². The van der Waals surface area contributed by atoms with E-state index in [-0.39, 0.29) is 6.10 Å². The van der Waals surface area contributed by atoms with Crippen LogP contribution in [0.3, 0.4) is 0 Å². The molecule has 0 heterocycles. The van der Waals surface area contributed by atoms with Crippen LogP contribution in [-0.4, -0.2) is 20.2 Å². The fraction of sp³-hybridized carbons (Fsp3) is 0.538. The summed E-state index contributed by atoms with van der Waals surface area (Å²) in [6.07, 6.45) is 2.44. The van der Waals surface area contributed by atoms with Crippen LogP contribution in [0, 0.1) is 0 Å². The van der Waals surface area contributed by atoms with E-state index in [2.05, 4.69) is 36.5 Å². The molecular formula is C13H21NO. The molecular weight excluding hydrogens is 186 g/mol.